The third-order valence-corrected chi connectivity index (χ3v) is 4.21. The minimum Gasteiger partial charge on any atom is -0.480 e. The Kier molecular flexibility index (Phi) is 3.26. The van der Waals surface area contributed by atoms with Crippen LogP contribution in [-0.2, 0) is 24.3 Å². The summed E-state index contributed by atoms with van der Waals surface area (Å²) in [5.74, 6) is -0.778. The van der Waals surface area contributed by atoms with Crippen molar-refractivity contribution in [2.75, 3.05) is 6.54 Å². The third-order valence-electron chi connectivity index (χ3n) is 4.21. The van der Waals surface area contributed by atoms with Crippen molar-refractivity contribution in [2.24, 2.45) is 0 Å². The number of para-hydroxylation sites is 1. The molecule has 20 heavy (non-hydrogen) atoms. The van der Waals surface area contributed by atoms with Gasteiger partial charge in [0.1, 0.15) is 6.54 Å². The fourth-order valence-electron chi connectivity index (χ4n) is 3.18. The van der Waals surface area contributed by atoms with E-state index in [0.717, 1.165) is 25.0 Å². The molecule has 0 fully saturated rings. The average Bonchev–Trinajstić information content (AvgIpc) is 2.73. The Hall–Kier alpha value is -1.81. The minimum absolute atomic E-state index is 0.0531. The van der Waals surface area contributed by atoms with Crippen LogP contribution in [0.3, 0.4) is 0 Å². The maximum absolute atomic E-state index is 11.1. The van der Waals surface area contributed by atoms with Crippen molar-refractivity contribution in [3.05, 3.63) is 35.5 Å². The highest BCUT2D eigenvalue weighted by Crippen LogP contribution is 2.31. The van der Waals surface area contributed by atoms with Crippen LogP contribution in [0.2, 0.25) is 0 Å². The second-order valence-corrected chi connectivity index (χ2v) is 5.74. The molecule has 0 bridgehead atoms. The van der Waals surface area contributed by atoms with E-state index >= 15 is 0 Å². The predicted molar refractivity (Wildman–Crippen MR) is 78.8 cm³/mol. The molecule has 1 aromatic carbocycles. The normalized spacial score (nSPS) is 15.8. The minimum atomic E-state index is -0.778. The zero-order chi connectivity index (χ0) is 14.3. The first-order valence-electron chi connectivity index (χ1n) is 7.12. The second-order valence-electron chi connectivity index (χ2n) is 5.74. The van der Waals surface area contributed by atoms with Crippen molar-refractivity contribution in [2.45, 2.75) is 39.4 Å². The van der Waals surface area contributed by atoms with Gasteiger partial charge in [0, 0.05) is 42.1 Å². The SMILES string of the molecule is CC(C)N1CCc2c(c3ccccc3n2CC(=O)O)C1. The molecular weight excluding hydrogens is 252 g/mol. The van der Waals surface area contributed by atoms with Gasteiger partial charge in [-0.3, -0.25) is 9.69 Å². The highest BCUT2D eigenvalue weighted by molar-refractivity contribution is 5.87. The van der Waals surface area contributed by atoms with Crippen molar-refractivity contribution in [3.8, 4) is 0 Å². The number of aromatic nitrogens is 1. The van der Waals surface area contributed by atoms with Crippen molar-refractivity contribution >= 4 is 16.9 Å². The molecule has 0 aliphatic carbocycles. The maximum atomic E-state index is 11.1. The molecule has 2 heterocycles. The standard InChI is InChI=1S/C16H20N2O2/c1-11(2)17-8-7-15-13(9-17)12-5-3-4-6-14(12)18(15)10-16(19)20/h3-6,11H,7-10H2,1-2H3,(H,19,20). The molecule has 0 unspecified atom stereocenters. The van der Waals surface area contributed by atoms with Gasteiger partial charge in [-0.1, -0.05) is 18.2 Å². The van der Waals surface area contributed by atoms with Gasteiger partial charge in [-0.05, 0) is 25.5 Å². The molecular formula is C16H20N2O2. The first kappa shape index (κ1) is 13.2. The van der Waals surface area contributed by atoms with Gasteiger partial charge in [0.2, 0.25) is 0 Å². The van der Waals surface area contributed by atoms with E-state index in [4.69, 9.17) is 5.11 Å². The summed E-state index contributed by atoms with van der Waals surface area (Å²) >= 11 is 0. The van der Waals surface area contributed by atoms with E-state index in [0.29, 0.717) is 6.04 Å². The quantitative estimate of drug-likeness (QED) is 0.933. The highest BCUT2D eigenvalue weighted by Gasteiger charge is 2.25. The average molecular weight is 272 g/mol. The van der Waals surface area contributed by atoms with Gasteiger partial charge in [-0.15, -0.1) is 0 Å². The number of hydrogen-bond donors (Lipinski definition) is 1. The summed E-state index contributed by atoms with van der Waals surface area (Å²) < 4.78 is 1.98. The molecule has 0 radical (unpaired) electrons. The molecule has 0 saturated heterocycles. The van der Waals surface area contributed by atoms with E-state index < -0.39 is 5.97 Å². The van der Waals surface area contributed by atoms with E-state index in [1.54, 1.807) is 0 Å². The molecule has 2 aromatic rings. The summed E-state index contributed by atoms with van der Waals surface area (Å²) in [6, 6.07) is 8.66. The van der Waals surface area contributed by atoms with Crippen LogP contribution in [0.25, 0.3) is 10.9 Å². The van der Waals surface area contributed by atoms with Crippen LogP contribution in [0.1, 0.15) is 25.1 Å². The Balaban J connectivity index is 2.14. The van der Waals surface area contributed by atoms with Gasteiger partial charge in [0.15, 0.2) is 0 Å². The monoisotopic (exact) mass is 272 g/mol. The van der Waals surface area contributed by atoms with E-state index in [2.05, 4.69) is 24.8 Å². The van der Waals surface area contributed by atoms with E-state index in [1.165, 1.54) is 16.6 Å². The van der Waals surface area contributed by atoms with Gasteiger partial charge in [0.05, 0.1) is 0 Å². The summed E-state index contributed by atoms with van der Waals surface area (Å²) in [6.45, 7) is 6.39. The molecule has 3 rings (SSSR count). The lowest BCUT2D eigenvalue weighted by molar-refractivity contribution is -0.137. The summed E-state index contributed by atoms with van der Waals surface area (Å²) in [4.78, 5) is 13.6. The van der Waals surface area contributed by atoms with Crippen LogP contribution in [0.4, 0.5) is 0 Å². The summed E-state index contributed by atoms with van der Waals surface area (Å²) in [5, 5.41) is 10.4. The van der Waals surface area contributed by atoms with Gasteiger partial charge in [-0.25, -0.2) is 0 Å². The molecule has 0 spiro atoms. The lowest BCUT2D eigenvalue weighted by Gasteiger charge is -2.31. The summed E-state index contributed by atoms with van der Waals surface area (Å²) in [5.41, 5.74) is 3.55. The Morgan fingerprint density at radius 3 is 2.80 bits per heavy atom. The largest absolute Gasteiger partial charge is 0.480 e. The van der Waals surface area contributed by atoms with Crippen LogP contribution in [0, 0.1) is 0 Å². The molecule has 0 saturated carbocycles. The first-order valence-corrected chi connectivity index (χ1v) is 7.12. The molecule has 0 amide bonds. The molecule has 1 aromatic heterocycles. The van der Waals surface area contributed by atoms with Crippen molar-refractivity contribution in [1.29, 1.82) is 0 Å². The Morgan fingerprint density at radius 2 is 2.10 bits per heavy atom. The number of carboxylic acids is 1. The first-order chi connectivity index (χ1) is 9.58. The highest BCUT2D eigenvalue weighted by atomic mass is 16.4. The van der Waals surface area contributed by atoms with Gasteiger partial charge >= 0.3 is 5.97 Å². The number of carbonyl (C=O) groups is 1. The predicted octanol–water partition coefficient (Wildman–Crippen LogP) is 2.49. The number of nitrogens with zero attached hydrogens (tertiary/aromatic N) is 2. The molecule has 1 aliphatic heterocycles. The molecule has 0 atom stereocenters. The zero-order valence-corrected chi connectivity index (χ0v) is 12.0. The fourth-order valence-corrected chi connectivity index (χ4v) is 3.18. The van der Waals surface area contributed by atoms with Crippen LogP contribution < -0.4 is 0 Å². The van der Waals surface area contributed by atoms with Gasteiger partial charge in [0.25, 0.3) is 0 Å². The Labute approximate surface area is 118 Å². The number of carboxylic acid groups (broad SMARTS) is 1. The van der Waals surface area contributed by atoms with Crippen molar-refractivity contribution in [1.82, 2.24) is 9.47 Å². The van der Waals surface area contributed by atoms with Crippen molar-refractivity contribution < 1.29 is 9.90 Å². The van der Waals surface area contributed by atoms with E-state index in [-0.39, 0.29) is 6.54 Å². The number of rotatable bonds is 3. The lowest BCUT2D eigenvalue weighted by atomic mass is 10.0. The van der Waals surface area contributed by atoms with Crippen LogP contribution in [0.5, 0.6) is 0 Å². The molecule has 106 valence electrons. The number of hydrogen-bond acceptors (Lipinski definition) is 2. The van der Waals surface area contributed by atoms with Crippen LogP contribution in [0.15, 0.2) is 24.3 Å². The topological polar surface area (TPSA) is 45.5 Å². The summed E-state index contributed by atoms with van der Waals surface area (Å²) in [6.07, 6.45) is 0.926. The fraction of sp³-hybridized carbons (Fsp3) is 0.438. The van der Waals surface area contributed by atoms with Crippen LogP contribution >= 0.6 is 0 Å². The molecule has 1 N–H and O–H groups in total. The molecule has 4 nitrogen and oxygen atoms in total. The van der Waals surface area contributed by atoms with Crippen molar-refractivity contribution in [3.63, 3.8) is 0 Å². The number of aliphatic carboxylic acids is 1. The molecule has 4 heteroatoms. The third kappa shape index (κ3) is 2.10. The lowest BCUT2D eigenvalue weighted by Crippen LogP contribution is -2.36. The number of fused-ring (bicyclic) bond motifs is 3. The van der Waals surface area contributed by atoms with E-state index in [1.807, 2.05) is 22.8 Å². The number of benzene rings is 1. The van der Waals surface area contributed by atoms with Crippen LogP contribution in [-0.4, -0.2) is 33.1 Å². The Morgan fingerprint density at radius 1 is 1.35 bits per heavy atom. The van der Waals surface area contributed by atoms with Gasteiger partial charge in [-0.2, -0.15) is 0 Å². The zero-order valence-electron chi connectivity index (χ0n) is 12.0. The Bertz CT molecular complexity index is 658. The maximum Gasteiger partial charge on any atom is 0.323 e. The van der Waals surface area contributed by atoms with E-state index in [9.17, 15) is 4.79 Å². The smallest absolute Gasteiger partial charge is 0.323 e. The summed E-state index contributed by atoms with van der Waals surface area (Å²) in [7, 11) is 0. The second kappa shape index (κ2) is 4.94. The van der Waals surface area contributed by atoms with Gasteiger partial charge < -0.3 is 9.67 Å². The molecule has 1 aliphatic rings.